The molecular weight excluding hydrogens is 266 g/mol. The lowest BCUT2D eigenvalue weighted by Crippen LogP contribution is -2.46. The van der Waals surface area contributed by atoms with Crippen molar-refractivity contribution in [2.75, 3.05) is 0 Å². The van der Waals surface area contributed by atoms with Crippen LogP contribution in [0, 0.1) is 0 Å². The fourth-order valence-electron chi connectivity index (χ4n) is 1.55. The van der Waals surface area contributed by atoms with Gasteiger partial charge in [0.1, 0.15) is 6.54 Å². The molecule has 0 saturated heterocycles. The number of nitrogens with one attached hydrogen (secondary N) is 2. The molecule has 1 amide bonds. The van der Waals surface area contributed by atoms with Crippen LogP contribution >= 0.6 is 12.2 Å². The number of carbonyl (C=O) groups is 1. The van der Waals surface area contributed by atoms with Crippen LogP contribution in [0.3, 0.4) is 0 Å². The van der Waals surface area contributed by atoms with Crippen molar-refractivity contribution in [3.8, 4) is 0 Å². The SMILES string of the molecule is NC(=S)NNC(=O)Cn1ncc2ccccc2c1=O. The molecule has 1 heterocycles. The van der Waals surface area contributed by atoms with E-state index >= 15 is 0 Å². The molecule has 4 N–H and O–H groups in total. The lowest BCUT2D eigenvalue weighted by Gasteiger charge is -2.07. The minimum absolute atomic E-state index is 0.0628. The number of benzene rings is 1. The van der Waals surface area contributed by atoms with Gasteiger partial charge >= 0.3 is 0 Å². The molecule has 7 nitrogen and oxygen atoms in total. The van der Waals surface area contributed by atoms with Gasteiger partial charge in [-0.25, -0.2) is 4.68 Å². The van der Waals surface area contributed by atoms with Crippen molar-refractivity contribution in [3.63, 3.8) is 0 Å². The van der Waals surface area contributed by atoms with Gasteiger partial charge in [0.2, 0.25) is 0 Å². The predicted octanol–water partition coefficient (Wildman–Crippen LogP) is -0.739. The number of amides is 1. The summed E-state index contributed by atoms with van der Waals surface area (Å²) in [6.07, 6.45) is 1.53. The van der Waals surface area contributed by atoms with Gasteiger partial charge in [0, 0.05) is 5.39 Å². The van der Waals surface area contributed by atoms with E-state index in [2.05, 4.69) is 28.2 Å². The minimum Gasteiger partial charge on any atom is -0.375 e. The van der Waals surface area contributed by atoms with Gasteiger partial charge in [-0.3, -0.25) is 20.4 Å². The Kier molecular flexibility index (Phi) is 3.71. The number of carbonyl (C=O) groups excluding carboxylic acids is 1. The summed E-state index contributed by atoms with van der Waals surface area (Å²) in [6, 6.07) is 7.03. The lowest BCUT2D eigenvalue weighted by molar-refractivity contribution is -0.122. The number of hydrogen-bond donors (Lipinski definition) is 3. The van der Waals surface area contributed by atoms with Crippen LogP contribution < -0.4 is 22.1 Å². The molecule has 0 aliphatic rings. The number of aromatic nitrogens is 2. The van der Waals surface area contributed by atoms with Gasteiger partial charge in [-0.2, -0.15) is 5.10 Å². The van der Waals surface area contributed by atoms with Gasteiger partial charge < -0.3 is 5.73 Å². The van der Waals surface area contributed by atoms with Crippen LogP contribution in [0.15, 0.2) is 35.3 Å². The van der Waals surface area contributed by atoms with E-state index in [0.717, 1.165) is 10.1 Å². The third kappa shape index (κ3) is 3.05. The number of thiocarbonyl (C=S) groups is 1. The van der Waals surface area contributed by atoms with E-state index in [0.29, 0.717) is 5.39 Å². The summed E-state index contributed by atoms with van der Waals surface area (Å²) in [5.41, 5.74) is 9.37. The normalized spacial score (nSPS) is 10.1. The first-order chi connectivity index (χ1) is 9.08. The minimum atomic E-state index is -0.474. The van der Waals surface area contributed by atoms with E-state index in [1.54, 1.807) is 18.2 Å². The Hall–Kier alpha value is -2.48. The summed E-state index contributed by atoms with van der Waals surface area (Å²) < 4.78 is 1.07. The maximum Gasteiger partial charge on any atom is 0.275 e. The van der Waals surface area contributed by atoms with Crippen molar-refractivity contribution >= 4 is 34.0 Å². The third-order valence-electron chi connectivity index (χ3n) is 2.38. The van der Waals surface area contributed by atoms with Gasteiger partial charge in [-0.15, -0.1) is 0 Å². The Morgan fingerprint density at radius 3 is 2.84 bits per heavy atom. The molecular formula is C11H11N5O2S. The molecule has 0 unspecified atom stereocenters. The standard InChI is InChI=1S/C11H11N5O2S/c12-11(19)15-14-9(17)6-16-10(18)8-4-2-1-3-7(8)5-13-16/h1-5H,6H2,(H,14,17)(H3,12,15,19). The van der Waals surface area contributed by atoms with E-state index in [1.165, 1.54) is 6.20 Å². The second-order valence-corrected chi connectivity index (χ2v) is 4.17. The van der Waals surface area contributed by atoms with E-state index < -0.39 is 5.91 Å². The maximum absolute atomic E-state index is 12.1. The molecule has 1 aromatic carbocycles. The fourth-order valence-corrected chi connectivity index (χ4v) is 1.60. The Balaban J connectivity index is 2.22. The van der Waals surface area contributed by atoms with Gasteiger partial charge in [-0.05, 0) is 18.3 Å². The van der Waals surface area contributed by atoms with Crippen molar-refractivity contribution in [2.24, 2.45) is 5.73 Å². The molecule has 0 radical (unpaired) electrons. The van der Waals surface area contributed by atoms with E-state index in [9.17, 15) is 9.59 Å². The predicted molar refractivity (Wildman–Crippen MR) is 74.1 cm³/mol. The molecule has 0 bridgehead atoms. The van der Waals surface area contributed by atoms with E-state index in [4.69, 9.17) is 5.73 Å². The van der Waals surface area contributed by atoms with E-state index in [1.807, 2.05) is 6.07 Å². The zero-order valence-electron chi connectivity index (χ0n) is 9.79. The van der Waals surface area contributed by atoms with E-state index in [-0.39, 0.29) is 17.2 Å². The number of hydrazine groups is 1. The maximum atomic E-state index is 12.1. The molecule has 2 aromatic rings. The van der Waals surface area contributed by atoms with Gasteiger partial charge in [0.15, 0.2) is 5.11 Å². The fraction of sp³-hybridized carbons (Fsp3) is 0.0909. The van der Waals surface area contributed by atoms with Crippen LogP contribution in [0.5, 0.6) is 0 Å². The molecule has 0 aliphatic carbocycles. The first-order valence-electron chi connectivity index (χ1n) is 5.37. The van der Waals surface area contributed by atoms with Crippen LogP contribution in [0.2, 0.25) is 0 Å². The average molecular weight is 277 g/mol. The van der Waals surface area contributed by atoms with Gasteiger partial charge in [0.25, 0.3) is 11.5 Å². The number of hydrogen-bond acceptors (Lipinski definition) is 4. The summed E-state index contributed by atoms with van der Waals surface area (Å²) in [7, 11) is 0. The van der Waals surface area contributed by atoms with Crippen LogP contribution in [0.4, 0.5) is 0 Å². The quantitative estimate of drug-likeness (QED) is 0.493. The van der Waals surface area contributed by atoms with Crippen LogP contribution in [-0.2, 0) is 11.3 Å². The highest BCUT2D eigenvalue weighted by atomic mass is 32.1. The number of nitrogens with zero attached hydrogens (tertiary/aromatic N) is 2. The molecule has 2 rings (SSSR count). The zero-order chi connectivity index (χ0) is 13.8. The lowest BCUT2D eigenvalue weighted by atomic mass is 10.2. The van der Waals surface area contributed by atoms with Crippen LogP contribution in [0.25, 0.3) is 10.8 Å². The second-order valence-electron chi connectivity index (χ2n) is 3.73. The number of fused-ring (bicyclic) bond motifs is 1. The number of rotatable bonds is 2. The zero-order valence-corrected chi connectivity index (χ0v) is 10.6. The smallest absolute Gasteiger partial charge is 0.275 e. The third-order valence-corrected chi connectivity index (χ3v) is 2.48. The van der Waals surface area contributed by atoms with Crippen LogP contribution in [-0.4, -0.2) is 20.8 Å². The molecule has 0 atom stereocenters. The first-order valence-corrected chi connectivity index (χ1v) is 5.78. The Morgan fingerprint density at radius 1 is 1.37 bits per heavy atom. The van der Waals surface area contributed by atoms with Crippen LogP contribution in [0.1, 0.15) is 0 Å². The highest BCUT2D eigenvalue weighted by Crippen LogP contribution is 2.05. The van der Waals surface area contributed by atoms with Crippen molar-refractivity contribution in [1.82, 2.24) is 20.6 Å². The summed E-state index contributed by atoms with van der Waals surface area (Å²) in [4.78, 5) is 23.6. The van der Waals surface area contributed by atoms with Crippen molar-refractivity contribution < 1.29 is 4.79 Å². The van der Waals surface area contributed by atoms with Gasteiger partial charge in [-0.1, -0.05) is 18.2 Å². The summed E-state index contributed by atoms with van der Waals surface area (Å²) in [6.45, 7) is -0.223. The largest absolute Gasteiger partial charge is 0.375 e. The Labute approximate surface area is 113 Å². The molecule has 0 saturated carbocycles. The summed E-state index contributed by atoms with van der Waals surface area (Å²) in [5, 5.41) is 5.10. The molecule has 1 aromatic heterocycles. The second kappa shape index (κ2) is 5.44. The highest BCUT2D eigenvalue weighted by molar-refractivity contribution is 7.80. The molecule has 0 aliphatic heterocycles. The average Bonchev–Trinajstić information content (AvgIpc) is 2.40. The Morgan fingerprint density at radius 2 is 2.11 bits per heavy atom. The van der Waals surface area contributed by atoms with Crippen molar-refractivity contribution in [3.05, 3.63) is 40.8 Å². The summed E-state index contributed by atoms with van der Waals surface area (Å²) in [5.74, 6) is -0.474. The molecule has 0 spiro atoms. The van der Waals surface area contributed by atoms with Crippen molar-refractivity contribution in [2.45, 2.75) is 6.54 Å². The topological polar surface area (TPSA) is 102 Å². The highest BCUT2D eigenvalue weighted by Gasteiger charge is 2.07. The molecule has 19 heavy (non-hydrogen) atoms. The number of nitrogens with two attached hydrogens (primary N) is 1. The monoisotopic (exact) mass is 277 g/mol. The Bertz CT molecular complexity index is 697. The molecule has 98 valence electrons. The molecule has 8 heteroatoms. The molecule has 0 fully saturated rings. The van der Waals surface area contributed by atoms with Gasteiger partial charge in [0.05, 0.1) is 11.6 Å². The van der Waals surface area contributed by atoms with Crippen molar-refractivity contribution in [1.29, 1.82) is 0 Å². The summed E-state index contributed by atoms with van der Waals surface area (Å²) >= 11 is 4.54. The first kappa shape index (κ1) is 13.0.